The molecule has 2 aromatic rings. The second-order valence-corrected chi connectivity index (χ2v) is 7.98. The number of ether oxygens (including phenoxy) is 2. The van der Waals surface area contributed by atoms with Gasteiger partial charge >= 0.3 is 0 Å². The minimum absolute atomic E-state index is 0.192. The van der Waals surface area contributed by atoms with E-state index in [-0.39, 0.29) is 10.8 Å². The molecule has 0 unspecified atom stereocenters. The lowest BCUT2D eigenvalue weighted by Crippen LogP contribution is -2.30. The molecule has 0 bridgehead atoms. The van der Waals surface area contributed by atoms with Gasteiger partial charge in [-0.1, -0.05) is 13.8 Å². The van der Waals surface area contributed by atoms with Crippen molar-refractivity contribution in [2.45, 2.75) is 18.7 Å². The smallest absolute Gasteiger partial charge is 0.248 e. The van der Waals surface area contributed by atoms with Gasteiger partial charge in [-0.3, -0.25) is 4.79 Å². The molecule has 2 rings (SSSR count). The molecule has 0 atom stereocenters. The monoisotopic (exact) mass is 418 g/mol. The highest BCUT2D eigenvalue weighted by molar-refractivity contribution is 7.89. The molecular weight excluding hydrogens is 392 g/mol. The van der Waals surface area contributed by atoms with E-state index in [1.807, 2.05) is 0 Å². The van der Waals surface area contributed by atoms with Crippen LogP contribution in [-0.2, 0) is 14.8 Å². The van der Waals surface area contributed by atoms with Gasteiger partial charge in [0.25, 0.3) is 0 Å². The number of methoxy groups -OCH3 is 2. The third-order valence-corrected chi connectivity index (χ3v) is 6.38. The van der Waals surface area contributed by atoms with Gasteiger partial charge in [-0.05, 0) is 42.5 Å². The molecule has 7 nitrogen and oxygen atoms in total. The summed E-state index contributed by atoms with van der Waals surface area (Å²) in [6, 6.07) is 11.4. The average Bonchev–Trinajstić information content (AvgIpc) is 2.73. The van der Waals surface area contributed by atoms with E-state index >= 15 is 0 Å². The maximum absolute atomic E-state index is 12.5. The first-order valence-electron chi connectivity index (χ1n) is 9.17. The number of hydrogen-bond acceptors (Lipinski definition) is 5. The fourth-order valence-corrected chi connectivity index (χ4v) is 4.19. The summed E-state index contributed by atoms with van der Waals surface area (Å²) in [5.74, 6) is 0.893. The predicted molar refractivity (Wildman–Crippen MR) is 114 cm³/mol. The van der Waals surface area contributed by atoms with Crippen LogP contribution in [0.4, 0.5) is 5.69 Å². The summed E-state index contributed by atoms with van der Waals surface area (Å²) in [5.41, 5.74) is 1.23. The largest absolute Gasteiger partial charge is 0.497 e. The van der Waals surface area contributed by atoms with Crippen LogP contribution in [0.15, 0.2) is 53.4 Å². The second-order valence-electron chi connectivity index (χ2n) is 6.04. The zero-order valence-electron chi connectivity index (χ0n) is 17.0. The minimum atomic E-state index is -3.52. The molecule has 0 heterocycles. The van der Waals surface area contributed by atoms with Crippen molar-refractivity contribution in [3.05, 3.63) is 54.1 Å². The fraction of sp³-hybridized carbons (Fsp3) is 0.286. The van der Waals surface area contributed by atoms with Crippen LogP contribution >= 0.6 is 0 Å². The summed E-state index contributed by atoms with van der Waals surface area (Å²) in [7, 11) is -0.416. The van der Waals surface area contributed by atoms with Gasteiger partial charge < -0.3 is 14.8 Å². The van der Waals surface area contributed by atoms with E-state index in [1.54, 1.807) is 64.5 Å². The van der Waals surface area contributed by atoms with Crippen LogP contribution in [0.5, 0.6) is 11.5 Å². The molecule has 156 valence electrons. The lowest BCUT2D eigenvalue weighted by molar-refractivity contribution is -0.111. The molecule has 0 aromatic heterocycles. The first-order chi connectivity index (χ1) is 13.8. The lowest BCUT2D eigenvalue weighted by atomic mass is 10.1. The Morgan fingerprint density at radius 3 is 2.24 bits per heavy atom. The highest BCUT2D eigenvalue weighted by Crippen LogP contribution is 2.25. The van der Waals surface area contributed by atoms with E-state index in [9.17, 15) is 13.2 Å². The summed E-state index contributed by atoms with van der Waals surface area (Å²) in [4.78, 5) is 12.4. The molecule has 0 fully saturated rings. The quantitative estimate of drug-likeness (QED) is 0.631. The molecule has 29 heavy (non-hydrogen) atoms. The molecule has 0 saturated carbocycles. The number of carbonyl (C=O) groups is 1. The van der Waals surface area contributed by atoms with Crippen LogP contribution in [0.3, 0.4) is 0 Å². The third-order valence-electron chi connectivity index (χ3n) is 4.32. The van der Waals surface area contributed by atoms with Crippen molar-refractivity contribution in [1.29, 1.82) is 0 Å². The third kappa shape index (κ3) is 5.58. The normalized spacial score (nSPS) is 11.6. The highest BCUT2D eigenvalue weighted by Gasteiger charge is 2.21. The SMILES string of the molecule is CCN(CC)S(=O)(=O)c1ccc(NC(=O)/C=C/c2ccc(OC)cc2OC)cc1. The Hall–Kier alpha value is -2.84. The van der Waals surface area contributed by atoms with Crippen LogP contribution in [0.2, 0.25) is 0 Å². The number of sulfonamides is 1. The zero-order chi connectivity index (χ0) is 21.4. The van der Waals surface area contributed by atoms with E-state index in [0.29, 0.717) is 30.3 Å². The molecule has 2 aromatic carbocycles. The van der Waals surface area contributed by atoms with E-state index in [2.05, 4.69) is 5.32 Å². The maximum atomic E-state index is 12.5. The maximum Gasteiger partial charge on any atom is 0.248 e. The molecule has 0 aliphatic rings. The van der Waals surface area contributed by atoms with Crippen LogP contribution in [-0.4, -0.2) is 45.9 Å². The summed E-state index contributed by atoms with van der Waals surface area (Å²) in [5, 5.41) is 2.71. The highest BCUT2D eigenvalue weighted by atomic mass is 32.2. The molecule has 0 saturated heterocycles. The molecule has 1 N–H and O–H groups in total. The van der Waals surface area contributed by atoms with Gasteiger partial charge in [-0.15, -0.1) is 0 Å². The second kappa shape index (κ2) is 10.1. The van der Waals surface area contributed by atoms with Crippen LogP contribution in [0.25, 0.3) is 6.08 Å². The Morgan fingerprint density at radius 2 is 1.69 bits per heavy atom. The number of amides is 1. The average molecular weight is 419 g/mol. The van der Waals surface area contributed by atoms with Gasteiger partial charge in [0, 0.05) is 36.5 Å². The van der Waals surface area contributed by atoms with Gasteiger partial charge in [0.2, 0.25) is 15.9 Å². The Bertz CT molecular complexity index is 965. The molecule has 0 radical (unpaired) electrons. The molecule has 0 spiro atoms. The first kappa shape index (κ1) is 22.4. The molecule has 1 amide bonds. The van der Waals surface area contributed by atoms with E-state index in [1.165, 1.54) is 22.5 Å². The van der Waals surface area contributed by atoms with E-state index in [4.69, 9.17) is 9.47 Å². The number of nitrogens with one attached hydrogen (secondary N) is 1. The van der Waals surface area contributed by atoms with Crippen LogP contribution in [0, 0.1) is 0 Å². The summed E-state index contributed by atoms with van der Waals surface area (Å²) < 4.78 is 36.8. The topological polar surface area (TPSA) is 84.9 Å². The summed E-state index contributed by atoms with van der Waals surface area (Å²) in [6.07, 6.45) is 3.01. The van der Waals surface area contributed by atoms with E-state index in [0.717, 1.165) is 5.56 Å². The van der Waals surface area contributed by atoms with Crippen LogP contribution < -0.4 is 14.8 Å². The molecule has 0 aliphatic heterocycles. The Labute approximate surface area is 172 Å². The van der Waals surface area contributed by atoms with Gasteiger partial charge in [-0.2, -0.15) is 4.31 Å². The number of benzene rings is 2. The van der Waals surface area contributed by atoms with Gasteiger partial charge in [0.05, 0.1) is 19.1 Å². The predicted octanol–water partition coefficient (Wildman–Crippen LogP) is 3.39. The van der Waals surface area contributed by atoms with Crippen LogP contribution in [0.1, 0.15) is 19.4 Å². The minimum Gasteiger partial charge on any atom is -0.497 e. The Kier molecular flexibility index (Phi) is 7.81. The Balaban J connectivity index is 2.09. The fourth-order valence-electron chi connectivity index (χ4n) is 2.73. The molecule has 0 aliphatic carbocycles. The summed E-state index contributed by atoms with van der Waals surface area (Å²) in [6.45, 7) is 4.38. The van der Waals surface area contributed by atoms with Gasteiger partial charge in [0.15, 0.2) is 0 Å². The van der Waals surface area contributed by atoms with Crippen molar-refractivity contribution in [1.82, 2.24) is 4.31 Å². The van der Waals surface area contributed by atoms with Crippen molar-refractivity contribution >= 4 is 27.7 Å². The van der Waals surface area contributed by atoms with Crippen molar-refractivity contribution in [2.24, 2.45) is 0 Å². The molecular formula is C21H26N2O5S. The van der Waals surface area contributed by atoms with Crippen molar-refractivity contribution in [3.63, 3.8) is 0 Å². The number of rotatable bonds is 9. The lowest BCUT2D eigenvalue weighted by Gasteiger charge is -2.18. The number of hydrogen-bond donors (Lipinski definition) is 1. The number of nitrogens with zero attached hydrogens (tertiary/aromatic N) is 1. The molecule has 8 heteroatoms. The zero-order valence-corrected chi connectivity index (χ0v) is 17.8. The van der Waals surface area contributed by atoms with Crippen molar-refractivity contribution < 1.29 is 22.7 Å². The Morgan fingerprint density at radius 1 is 1.03 bits per heavy atom. The van der Waals surface area contributed by atoms with Crippen molar-refractivity contribution in [3.8, 4) is 11.5 Å². The van der Waals surface area contributed by atoms with Gasteiger partial charge in [-0.25, -0.2) is 8.42 Å². The summed E-state index contributed by atoms with van der Waals surface area (Å²) >= 11 is 0. The number of anilines is 1. The van der Waals surface area contributed by atoms with Gasteiger partial charge in [0.1, 0.15) is 11.5 Å². The standard InChI is InChI=1S/C21H26N2O5S/c1-5-23(6-2)29(25,26)19-12-9-17(10-13-19)22-21(24)14-8-16-7-11-18(27-3)15-20(16)28-4/h7-15H,5-6H2,1-4H3,(H,22,24)/b14-8+. The van der Waals surface area contributed by atoms with E-state index < -0.39 is 10.0 Å². The first-order valence-corrected chi connectivity index (χ1v) is 10.6. The number of carbonyl (C=O) groups excluding carboxylic acids is 1. The van der Waals surface area contributed by atoms with Crippen molar-refractivity contribution in [2.75, 3.05) is 32.6 Å².